The van der Waals surface area contributed by atoms with Crippen LogP contribution in [-0.4, -0.2) is 7.11 Å². The van der Waals surface area contributed by atoms with Gasteiger partial charge in [0.15, 0.2) is 0 Å². The molecule has 0 saturated carbocycles. The molecule has 1 aliphatic rings. The summed E-state index contributed by atoms with van der Waals surface area (Å²) in [5.74, 6) is 1.65. The zero-order chi connectivity index (χ0) is 17.2. The van der Waals surface area contributed by atoms with E-state index >= 15 is 0 Å². The fourth-order valence-electron chi connectivity index (χ4n) is 1.44. The van der Waals surface area contributed by atoms with Gasteiger partial charge in [-0.2, -0.15) is 0 Å². The number of benzene rings is 1. The Balaban J connectivity index is 0. The Morgan fingerprint density at radius 3 is 1.95 bits per heavy atom. The number of allylic oxidation sites excluding steroid dienone is 4. The molecule has 1 atom stereocenters. The highest BCUT2D eigenvalue weighted by Gasteiger charge is 1.93. The second-order valence-electron chi connectivity index (χ2n) is 4.71. The van der Waals surface area contributed by atoms with Crippen molar-refractivity contribution in [1.82, 2.24) is 0 Å². The smallest absolute Gasteiger partial charge is 0.118 e. The Hall–Kier alpha value is -1.76. The highest BCUT2D eigenvalue weighted by molar-refractivity contribution is 5.48. The Labute approximate surface area is 138 Å². The molecule has 1 aliphatic carbocycles. The van der Waals surface area contributed by atoms with Gasteiger partial charge in [-0.05, 0) is 30.0 Å². The second-order valence-corrected chi connectivity index (χ2v) is 4.71. The third-order valence-electron chi connectivity index (χ3n) is 2.55. The SMILES string of the molecule is C=Cc1ccc(OC)cc1.CC.CC1C=CC=CC1.CCC. The van der Waals surface area contributed by atoms with Crippen molar-refractivity contribution in [3.8, 4) is 5.75 Å². The van der Waals surface area contributed by atoms with Crippen LogP contribution in [0.15, 0.2) is 55.1 Å². The maximum atomic E-state index is 4.98. The van der Waals surface area contributed by atoms with E-state index in [1.165, 1.54) is 12.8 Å². The Kier molecular flexibility index (Phi) is 17.7. The summed E-state index contributed by atoms with van der Waals surface area (Å²) in [6.07, 6.45) is 12.9. The monoisotopic (exact) mass is 302 g/mol. The topological polar surface area (TPSA) is 9.23 Å². The van der Waals surface area contributed by atoms with Crippen LogP contribution in [0.25, 0.3) is 6.08 Å². The molecule has 0 bridgehead atoms. The van der Waals surface area contributed by atoms with Crippen LogP contribution >= 0.6 is 0 Å². The van der Waals surface area contributed by atoms with Crippen molar-refractivity contribution in [2.24, 2.45) is 5.92 Å². The molecule has 0 saturated heterocycles. The lowest BCUT2D eigenvalue weighted by Gasteiger charge is -2.02. The molecule has 1 heteroatoms. The van der Waals surface area contributed by atoms with E-state index in [1.807, 2.05) is 38.1 Å². The molecule has 0 radical (unpaired) electrons. The molecule has 1 aromatic rings. The Bertz CT molecular complexity index is 398. The molecule has 0 spiro atoms. The van der Waals surface area contributed by atoms with E-state index in [0.29, 0.717) is 0 Å². The van der Waals surface area contributed by atoms with Crippen molar-refractivity contribution >= 4 is 6.08 Å². The van der Waals surface area contributed by atoms with Gasteiger partial charge < -0.3 is 4.74 Å². The molecule has 0 amide bonds. The highest BCUT2D eigenvalue weighted by Crippen LogP contribution is 2.11. The summed E-state index contributed by atoms with van der Waals surface area (Å²) in [6, 6.07) is 7.76. The molecule has 124 valence electrons. The lowest BCUT2D eigenvalue weighted by molar-refractivity contribution is 0.415. The predicted octanol–water partition coefficient (Wildman–Crippen LogP) is 6.92. The number of rotatable bonds is 2. The van der Waals surface area contributed by atoms with Crippen LogP contribution in [0.1, 0.15) is 53.0 Å². The molecule has 0 aliphatic heterocycles. The lowest BCUT2D eigenvalue weighted by atomic mass is 10.0. The Morgan fingerprint density at radius 1 is 1.14 bits per heavy atom. The van der Waals surface area contributed by atoms with Gasteiger partial charge in [0.05, 0.1) is 7.11 Å². The average Bonchev–Trinajstić information content (AvgIpc) is 2.59. The molecule has 0 aromatic heterocycles. The zero-order valence-corrected chi connectivity index (χ0v) is 15.3. The summed E-state index contributed by atoms with van der Waals surface area (Å²) in [6.45, 7) is 14.1. The summed E-state index contributed by atoms with van der Waals surface area (Å²) >= 11 is 0. The molecule has 1 unspecified atom stereocenters. The van der Waals surface area contributed by atoms with Gasteiger partial charge in [-0.1, -0.05) is 90.1 Å². The summed E-state index contributed by atoms with van der Waals surface area (Å²) in [7, 11) is 1.66. The van der Waals surface area contributed by atoms with Crippen LogP contribution in [-0.2, 0) is 0 Å². The first kappa shape index (κ1) is 22.5. The summed E-state index contributed by atoms with van der Waals surface area (Å²) in [5.41, 5.74) is 1.11. The predicted molar refractivity (Wildman–Crippen MR) is 102 cm³/mol. The first-order chi connectivity index (χ1) is 10.7. The van der Waals surface area contributed by atoms with E-state index in [2.05, 4.69) is 51.7 Å². The van der Waals surface area contributed by atoms with Crippen LogP contribution in [0.4, 0.5) is 0 Å². The third kappa shape index (κ3) is 13.2. The van der Waals surface area contributed by atoms with Gasteiger partial charge in [0.1, 0.15) is 5.75 Å². The number of hydrogen-bond donors (Lipinski definition) is 0. The van der Waals surface area contributed by atoms with Gasteiger partial charge in [0, 0.05) is 0 Å². The zero-order valence-electron chi connectivity index (χ0n) is 15.3. The van der Waals surface area contributed by atoms with Gasteiger partial charge in [-0.3, -0.25) is 0 Å². The maximum Gasteiger partial charge on any atom is 0.118 e. The number of methoxy groups -OCH3 is 1. The second kappa shape index (κ2) is 17.3. The van der Waals surface area contributed by atoms with Gasteiger partial charge >= 0.3 is 0 Å². The van der Waals surface area contributed by atoms with Crippen molar-refractivity contribution in [3.63, 3.8) is 0 Å². The molecule has 2 rings (SSSR count). The number of ether oxygens (including phenoxy) is 1. The van der Waals surface area contributed by atoms with E-state index in [9.17, 15) is 0 Å². The largest absolute Gasteiger partial charge is 0.497 e. The summed E-state index contributed by atoms with van der Waals surface area (Å²) < 4.78 is 4.98. The van der Waals surface area contributed by atoms with E-state index in [0.717, 1.165) is 17.2 Å². The van der Waals surface area contributed by atoms with E-state index < -0.39 is 0 Å². The lowest BCUT2D eigenvalue weighted by Crippen LogP contribution is -1.87. The first-order valence-corrected chi connectivity index (χ1v) is 8.27. The molecular weight excluding hydrogens is 268 g/mol. The van der Waals surface area contributed by atoms with E-state index in [1.54, 1.807) is 13.2 Å². The molecule has 22 heavy (non-hydrogen) atoms. The van der Waals surface area contributed by atoms with Crippen LogP contribution in [0.2, 0.25) is 0 Å². The van der Waals surface area contributed by atoms with Gasteiger partial charge in [-0.15, -0.1) is 0 Å². The molecule has 1 nitrogen and oxygen atoms in total. The Morgan fingerprint density at radius 2 is 1.68 bits per heavy atom. The fourth-order valence-corrected chi connectivity index (χ4v) is 1.44. The maximum absolute atomic E-state index is 4.98. The van der Waals surface area contributed by atoms with Crippen LogP contribution in [0, 0.1) is 5.92 Å². The molecule has 0 heterocycles. The standard InChI is InChI=1S/C9H10O.C7H10.C3H8.C2H6/c1-3-8-4-6-9(10-2)7-5-8;1-7-5-3-2-4-6-7;1-3-2;1-2/h3-7H,1H2,2H3;2-5,7H,6H2,1H3;3H2,1-2H3;1-2H3. The van der Waals surface area contributed by atoms with E-state index in [-0.39, 0.29) is 0 Å². The van der Waals surface area contributed by atoms with Gasteiger partial charge in [-0.25, -0.2) is 0 Å². The summed E-state index contributed by atoms with van der Waals surface area (Å²) in [4.78, 5) is 0. The first-order valence-electron chi connectivity index (χ1n) is 8.27. The minimum Gasteiger partial charge on any atom is -0.497 e. The molecular formula is C21H34O. The minimum absolute atomic E-state index is 0.769. The van der Waals surface area contributed by atoms with Crippen molar-refractivity contribution < 1.29 is 4.74 Å². The number of hydrogen-bond acceptors (Lipinski definition) is 1. The highest BCUT2D eigenvalue weighted by atomic mass is 16.5. The molecule has 0 N–H and O–H groups in total. The average molecular weight is 303 g/mol. The van der Waals surface area contributed by atoms with E-state index in [4.69, 9.17) is 4.74 Å². The quantitative estimate of drug-likeness (QED) is 0.576. The van der Waals surface area contributed by atoms with Gasteiger partial charge in [0.2, 0.25) is 0 Å². The van der Waals surface area contributed by atoms with Crippen LogP contribution in [0.3, 0.4) is 0 Å². The van der Waals surface area contributed by atoms with Crippen LogP contribution < -0.4 is 4.74 Å². The van der Waals surface area contributed by atoms with Crippen molar-refractivity contribution in [2.75, 3.05) is 7.11 Å². The summed E-state index contributed by atoms with van der Waals surface area (Å²) in [5, 5.41) is 0. The fraction of sp³-hybridized carbons (Fsp3) is 0.429. The van der Waals surface area contributed by atoms with Crippen LogP contribution in [0.5, 0.6) is 5.75 Å². The van der Waals surface area contributed by atoms with Crippen molar-refractivity contribution in [1.29, 1.82) is 0 Å². The normalized spacial score (nSPS) is 14.2. The van der Waals surface area contributed by atoms with Gasteiger partial charge in [0.25, 0.3) is 0 Å². The molecule has 1 aromatic carbocycles. The van der Waals surface area contributed by atoms with Crippen molar-refractivity contribution in [2.45, 2.75) is 47.5 Å². The van der Waals surface area contributed by atoms with Crippen molar-refractivity contribution in [3.05, 3.63) is 60.7 Å². The minimum atomic E-state index is 0.769. The third-order valence-corrected chi connectivity index (χ3v) is 2.55. The molecule has 0 fully saturated rings.